The van der Waals surface area contributed by atoms with Crippen LogP contribution in [0.5, 0.6) is 0 Å². The summed E-state index contributed by atoms with van der Waals surface area (Å²) in [5.74, 6) is -0.331. The van der Waals surface area contributed by atoms with E-state index in [-0.39, 0.29) is 25.4 Å². The van der Waals surface area contributed by atoms with E-state index in [2.05, 4.69) is 6.58 Å². The number of amides is 1. The third-order valence-electron chi connectivity index (χ3n) is 2.62. The lowest BCUT2D eigenvalue weighted by molar-refractivity contribution is -0.133. The minimum absolute atomic E-state index is 0.0292. The summed E-state index contributed by atoms with van der Waals surface area (Å²) in [6.07, 6.45) is -1.58. The largest absolute Gasteiger partial charge is 0.412 e. The van der Waals surface area contributed by atoms with Crippen LogP contribution in [0.25, 0.3) is 0 Å². The summed E-state index contributed by atoms with van der Waals surface area (Å²) < 4.78 is 37.0. The average Bonchev–Trinajstić information content (AvgIpc) is 2.27. The van der Waals surface area contributed by atoms with E-state index < -0.39 is 17.8 Å². The Hall–Kier alpha value is -1.30. The molecule has 0 spiro atoms. The Bertz CT molecular complexity index is 336. The molecule has 0 saturated carbocycles. The summed E-state index contributed by atoms with van der Waals surface area (Å²) in [6.45, 7) is 3.50. The average molecular weight is 248 g/mol. The van der Waals surface area contributed by atoms with Crippen molar-refractivity contribution in [1.29, 1.82) is 0 Å². The van der Waals surface area contributed by atoms with Crippen LogP contribution in [0.15, 0.2) is 24.3 Å². The van der Waals surface area contributed by atoms with Crippen LogP contribution in [0, 0.1) is 0 Å². The van der Waals surface area contributed by atoms with Gasteiger partial charge in [0.15, 0.2) is 0 Å². The molecule has 1 aliphatic rings. The standard InChI is InChI=1S/C11H15F3N2O/c1-2-3-9(15)10(17)16-6-4-8(5-7-16)11(12,13)14/h2,4,9H,1,3,5-7,15H2. The maximum absolute atomic E-state index is 12.3. The molecular weight excluding hydrogens is 233 g/mol. The smallest absolute Gasteiger partial charge is 0.337 e. The lowest BCUT2D eigenvalue weighted by Gasteiger charge is -2.29. The molecule has 17 heavy (non-hydrogen) atoms. The number of hydrogen-bond acceptors (Lipinski definition) is 2. The summed E-state index contributed by atoms with van der Waals surface area (Å²) in [7, 11) is 0. The van der Waals surface area contributed by atoms with E-state index in [0.717, 1.165) is 6.08 Å². The van der Waals surface area contributed by atoms with Gasteiger partial charge in [0.2, 0.25) is 5.91 Å². The Kier molecular flexibility index (Phi) is 4.34. The molecule has 1 aliphatic heterocycles. The highest BCUT2D eigenvalue weighted by atomic mass is 19.4. The Morgan fingerprint density at radius 2 is 2.29 bits per heavy atom. The predicted molar refractivity (Wildman–Crippen MR) is 58.1 cm³/mol. The zero-order chi connectivity index (χ0) is 13.1. The van der Waals surface area contributed by atoms with Gasteiger partial charge in [-0.3, -0.25) is 4.79 Å². The third kappa shape index (κ3) is 3.59. The topological polar surface area (TPSA) is 46.3 Å². The van der Waals surface area contributed by atoms with Crippen molar-refractivity contribution >= 4 is 5.91 Å². The molecule has 0 bridgehead atoms. The third-order valence-corrected chi connectivity index (χ3v) is 2.62. The molecule has 96 valence electrons. The van der Waals surface area contributed by atoms with Crippen molar-refractivity contribution in [1.82, 2.24) is 4.90 Å². The van der Waals surface area contributed by atoms with E-state index in [1.807, 2.05) is 0 Å². The van der Waals surface area contributed by atoms with Gasteiger partial charge in [-0.15, -0.1) is 6.58 Å². The van der Waals surface area contributed by atoms with Crippen LogP contribution < -0.4 is 5.73 Å². The molecule has 0 fully saturated rings. The molecule has 3 nitrogen and oxygen atoms in total. The number of nitrogens with two attached hydrogens (primary N) is 1. The van der Waals surface area contributed by atoms with Gasteiger partial charge in [-0.2, -0.15) is 13.2 Å². The number of hydrogen-bond donors (Lipinski definition) is 1. The van der Waals surface area contributed by atoms with Crippen molar-refractivity contribution < 1.29 is 18.0 Å². The van der Waals surface area contributed by atoms with E-state index in [4.69, 9.17) is 5.73 Å². The monoisotopic (exact) mass is 248 g/mol. The molecule has 2 N–H and O–H groups in total. The van der Waals surface area contributed by atoms with Crippen molar-refractivity contribution in [2.45, 2.75) is 25.1 Å². The summed E-state index contributed by atoms with van der Waals surface area (Å²) in [6, 6.07) is -0.715. The molecule has 0 aromatic carbocycles. The second-order valence-corrected chi connectivity index (χ2v) is 3.89. The van der Waals surface area contributed by atoms with Gasteiger partial charge < -0.3 is 10.6 Å². The normalized spacial score (nSPS) is 18.6. The van der Waals surface area contributed by atoms with Crippen LogP contribution in [-0.2, 0) is 4.79 Å². The number of rotatable bonds is 3. The van der Waals surface area contributed by atoms with Crippen molar-refractivity contribution in [2.75, 3.05) is 13.1 Å². The summed E-state index contributed by atoms with van der Waals surface area (Å²) in [5.41, 5.74) is 5.00. The fourth-order valence-electron chi connectivity index (χ4n) is 1.64. The van der Waals surface area contributed by atoms with Crippen LogP contribution >= 0.6 is 0 Å². The van der Waals surface area contributed by atoms with Gasteiger partial charge >= 0.3 is 6.18 Å². The van der Waals surface area contributed by atoms with Gasteiger partial charge in [0.1, 0.15) is 0 Å². The van der Waals surface area contributed by atoms with E-state index >= 15 is 0 Å². The van der Waals surface area contributed by atoms with Crippen LogP contribution in [0.1, 0.15) is 12.8 Å². The molecule has 0 radical (unpaired) electrons. The van der Waals surface area contributed by atoms with Crippen molar-refractivity contribution in [3.63, 3.8) is 0 Å². The van der Waals surface area contributed by atoms with Gasteiger partial charge in [-0.25, -0.2) is 0 Å². The minimum atomic E-state index is -4.29. The highest BCUT2D eigenvalue weighted by Gasteiger charge is 2.35. The van der Waals surface area contributed by atoms with Gasteiger partial charge in [0, 0.05) is 18.7 Å². The van der Waals surface area contributed by atoms with Crippen molar-refractivity contribution in [2.24, 2.45) is 5.73 Å². The maximum atomic E-state index is 12.3. The number of halogens is 3. The molecule has 0 saturated heterocycles. The SMILES string of the molecule is C=CCC(N)C(=O)N1CC=C(C(F)(F)F)CC1. The lowest BCUT2D eigenvalue weighted by atomic mass is 10.1. The second kappa shape index (κ2) is 5.35. The summed E-state index contributed by atoms with van der Waals surface area (Å²) in [5, 5.41) is 0. The Balaban J connectivity index is 2.60. The zero-order valence-corrected chi connectivity index (χ0v) is 9.33. The van der Waals surface area contributed by atoms with E-state index in [1.54, 1.807) is 0 Å². The van der Waals surface area contributed by atoms with Gasteiger partial charge in [-0.1, -0.05) is 12.2 Å². The molecule has 0 aliphatic carbocycles. The zero-order valence-electron chi connectivity index (χ0n) is 9.33. The lowest BCUT2D eigenvalue weighted by Crippen LogP contribution is -2.45. The molecule has 1 amide bonds. The van der Waals surface area contributed by atoms with Crippen LogP contribution in [-0.4, -0.2) is 36.1 Å². The van der Waals surface area contributed by atoms with Crippen molar-refractivity contribution in [3.8, 4) is 0 Å². The fraction of sp³-hybridized carbons (Fsp3) is 0.545. The first kappa shape index (κ1) is 13.8. The first-order valence-electron chi connectivity index (χ1n) is 5.27. The van der Waals surface area contributed by atoms with Gasteiger partial charge in [0.05, 0.1) is 6.04 Å². The quantitative estimate of drug-likeness (QED) is 0.771. The summed E-state index contributed by atoms with van der Waals surface area (Å²) in [4.78, 5) is 13.0. The molecule has 0 aromatic heterocycles. The molecule has 6 heteroatoms. The minimum Gasteiger partial charge on any atom is -0.337 e. The van der Waals surface area contributed by atoms with Crippen LogP contribution in [0.4, 0.5) is 13.2 Å². The van der Waals surface area contributed by atoms with Crippen LogP contribution in [0.2, 0.25) is 0 Å². The van der Waals surface area contributed by atoms with E-state index in [9.17, 15) is 18.0 Å². The Morgan fingerprint density at radius 3 is 2.71 bits per heavy atom. The highest BCUT2D eigenvalue weighted by molar-refractivity contribution is 5.82. The van der Waals surface area contributed by atoms with E-state index in [0.29, 0.717) is 6.42 Å². The summed E-state index contributed by atoms with van der Waals surface area (Å²) >= 11 is 0. The van der Waals surface area contributed by atoms with Gasteiger partial charge in [0.25, 0.3) is 0 Å². The highest BCUT2D eigenvalue weighted by Crippen LogP contribution is 2.30. The maximum Gasteiger partial charge on any atom is 0.412 e. The molecule has 1 unspecified atom stereocenters. The Labute approximate surface area is 97.8 Å². The predicted octanol–water partition coefficient (Wildman–Crippen LogP) is 1.61. The van der Waals surface area contributed by atoms with Gasteiger partial charge in [-0.05, 0) is 12.8 Å². The number of carbonyl (C=O) groups is 1. The molecule has 1 heterocycles. The second-order valence-electron chi connectivity index (χ2n) is 3.89. The molecule has 1 atom stereocenters. The fourth-order valence-corrected chi connectivity index (χ4v) is 1.64. The van der Waals surface area contributed by atoms with E-state index in [1.165, 1.54) is 11.0 Å². The van der Waals surface area contributed by atoms with Crippen molar-refractivity contribution in [3.05, 3.63) is 24.3 Å². The molecule has 0 aromatic rings. The molecular formula is C11H15F3N2O. The van der Waals surface area contributed by atoms with Crippen LogP contribution in [0.3, 0.4) is 0 Å². The number of carbonyl (C=O) groups excluding carboxylic acids is 1. The Morgan fingerprint density at radius 1 is 1.65 bits per heavy atom. The number of nitrogens with zero attached hydrogens (tertiary/aromatic N) is 1. The first-order chi connectivity index (χ1) is 7.86. The molecule has 1 rings (SSSR count). The first-order valence-corrected chi connectivity index (χ1v) is 5.27. The number of alkyl halides is 3.